The van der Waals surface area contributed by atoms with E-state index in [1.165, 1.54) is 21.7 Å². The van der Waals surface area contributed by atoms with Gasteiger partial charge in [-0.1, -0.05) is 0 Å². The zero-order valence-corrected chi connectivity index (χ0v) is 25.3. The van der Waals surface area contributed by atoms with Gasteiger partial charge < -0.3 is 25.4 Å². The number of alkyl carbamates (subject to hydrolysis) is 1. The van der Waals surface area contributed by atoms with Crippen molar-refractivity contribution in [1.82, 2.24) is 35.5 Å². The molecule has 2 saturated carbocycles. The molecule has 3 aliphatic rings. The largest absolute Gasteiger partial charge is 0.444 e. The number of hydrogen-bond donors (Lipinski definition) is 4. The Bertz CT molecular complexity index is 1460. The van der Waals surface area contributed by atoms with Crippen LogP contribution in [0.4, 0.5) is 26.3 Å². The highest BCUT2D eigenvalue weighted by Gasteiger charge is 2.39. The number of urea groups is 1. The van der Waals surface area contributed by atoms with Crippen molar-refractivity contribution in [3.05, 3.63) is 17.5 Å². The molecule has 5 amide bonds. The number of carbonyl (C=O) groups excluding carboxylic acids is 4. The summed E-state index contributed by atoms with van der Waals surface area (Å²) in [7, 11) is 0. The monoisotopic (exact) mass is 597 g/mol. The van der Waals surface area contributed by atoms with Gasteiger partial charge in [-0.25, -0.2) is 19.3 Å². The molecule has 0 bridgehead atoms. The highest BCUT2D eigenvalue weighted by molar-refractivity contribution is 6.14. The highest BCUT2D eigenvalue weighted by atomic mass is 16.6. The fourth-order valence-electron chi connectivity index (χ4n) is 4.92. The van der Waals surface area contributed by atoms with E-state index in [1.807, 2.05) is 20.8 Å². The Labute approximate surface area is 249 Å². The van der Waals surface area contributed by atoms with Crippen LogP contribution < -0.4 is 26.2 Å². The van der Waals surface area contributed by atoms with Crippen LogP contribution in [-0.2, 0) is 14.3 Å². The Balaban J connectivity index is 1.42. The van der Waals surface area contributed by atoms with Crippen LogP contribution in [0, 0.1) is 0 Å². The number of nitrogens with zero attached hydrogens (tertiary/aromatic N) is 5. The molecule has 2 aliphatic carbocycles. The van der Waals surface area contributed by atoms with Gasteiger partial charge in [-0.3, -0.25) is 10.1 Å². The van der Waals surface area contributed by atoms with Crippen molar-refractivity contribution in [3.8, 4) is 0 Å². The molecule has 1 saturated heterocycles. The number of fused-ring (bicyclic) bond motifs is 1. The summed E-state index contributed by atoms with van der Waals surface area (Å²) in [5.74, 6) is -0.0588. The van der Waals surface area contributed by atoms with Crippen molar-refractivity contribution in [2.24, 2.45) is 0 Å². The second-order valence-corrected chi connectivity index (χ2v) is 13.1. The zero-order valence-electron chi connectivity index (χ0n) is 25.3. The smallest absolute Gasteiger partial charge is 0.417 e. The Morgan fingerprint density at radius 2 is 1.60 bits per heavy atom. The second kappa shape index (κ2) is 11.3. The first kappa shape index (κ1) is 30.0. The van der Waals surface area contributed by atoms with Crippen LogP contribution in [-0.4, -0.2) is 73.0 Å². The summed E-state index contributed by atoms with van der Waals surface area (Å²) in [5, 5.41) is 15.4. The lowest BCUT2D eigenvalue weighted by Gasteiger charge is -2.31. The fourth-order valence-corrected chi connectivity index (χ4v) is 4.92. The summed E-state index contributed by atoms with van der Waals surface area (Å²) in [6, 6.07) is -0.731. The number of carbonyl (C=O) groups is 4. The van der Waals surface area contributed by atoms with Crippen molar-refractivity contribution in [2.45, 2.75) is 109 Å². The highest BCUT2D eigenvalue weighted by Crippen LogP contribution is 2.34. The van der Waals surface area contributed by atoms with Gasteiger partial charge in [-0.2, -0.15) is 19.6 Å². The SMILES string of the molecule is CC(C)(C)OC(=O)NC1CCC(Nc2nc(N(C(=O)OC(C)(C)C)C3CC3)n3ncc(/C=C4\NC(=O)NC4=O)c3n2)CC1. The van der Waals surface area contributed by atoms with Crippen LogP contribution in [0.3, 0.4) is 0 Å². The first-order chi connectivity index (χ1) is 20.1. The molecule has 0 spiro atoms. The minimum absolute atomic E-state index is 0.00696. The number of anilines is 2. The number of aromatic nitrogens is 4. The van der Waals surface area contributed by atoms with Crippen molar-refractivity contribution in [3.63, 3.8) is 0 Å². The first-order valence-corrected chi connectivity index (χ1v) is 14.5. The van der Waals surface area contributed by atoms with Gasteiger partial charge >= 0.3 is 18.2 Å². The Kier molecular flexibility index (Phi) is 7.92. The maximum atomic E-state index is 13.4. The lowest BCUT2D eigenvalue weighted by Crippen LogP contribution is -2.42. The van der Waals surface area contributed by atoms with Crippen LogP contribution >= 0.6 is 0 Å². The topological polar surface area (TPSA) is 181 Å². The molecule has 0 unspecified atom stereocenters. The van der Waals surface area contributed by atoms with Crippen LogP contribution in [0.25, 0.3) is 11.7 Å². The standard InChI is InChI=1S/C28H39N9O6/c1-27(2,3)42-25(40)31-17-9-7-16(8-10-17)30-22-33-20-15(13-19-21(38)34-23(39)32-19)14-29-37(20)24(35-22)36(18-11-12-18)26(41)43-28(4,5)6/h13-14,16-18H,7-12H2,1-6H3,(H,30,33)(H,31,40)(H2,32,34,38,39)/b19-13-. The van der Waals surface area contributed by atoms with Crippen LogP contribution in [0.2, 0.25) is 0 Å². The lowest BCUT2D eigenvalue weighted by molar-refractivity contribution is -0.115. The van der Waals surface area contributed by atoms with Gasteiger partial charge in [-0.15, -0.1) is 0 Å². The number of rotatable bonds is 6. The summed E-state index contributed by atoms with van der Waals surface area (Å²) in [6.45, 7) is 10.9. The third-order valence-electron chi connectivity index (χ3n) is 6.90. The maximum absolute atomic E-state index is 13.4. The molecule has 4 N–H and O–H groups in total. The molecule has 232 valence electrons. The molecule has 3 fully saturated rings. The predicted molar refractivity (Wildman–Crippen MR) is 156 cm³/mol. The molecule has 0 radical (unpaired) electrons. The van der Waals surface area contributed by atoms with Gasteiger partial charge in [0.15, 0.2) is 5.65 Å². The van der Waals surface area contributed by atoms with Crippen molar-refractivity contribution in [2.75, 3.05) is 10.2 Å². The van der Waals surface area contributed by atoms with Crippen molar-refractivity contribution in [1.29, 1.82) is 0 Å². The van der Waals surface area contributed by atoms with Crippen LogP contribution in [0.5, 0.6) is 0 Å². The molecule has 1 aliphatic heterocycles. The van der Waals surface area contributed by atoms with E-state index in [2.05, 4.69) is 26.4 Å². The number of imide groups is 1. The Morgan fingerprint density at radius 1 is 0.953 bits per heavy atom. The van der Waals surface area contributed by atoms with E-state index < -0.39 is 35.3 Å². The van der Waals surface area contributed by atoms with Gasteiger partial charge in [0.25, 0.3) is 5.91 Å². The van der Waals surface area contributed by atoms with Gasteiger partial charge in [0, 0.05) is 23.7 Å². The predicted octanol–water partition coefficient (Wildman–Crippen LogP) is 3.46. The minimum atomic E-state index is -0.725. The van der Waals surface area contributed by atoms with Gasteiger partial charge in [0.05, 0.1) is 6.20 Å². The van der Waals surface area contributed by atoms with Gasteiger partial charge in [-0.05, 0) is 86.1 Å². The third-order valence-corrected chi connectivity index (χ3v) is 6.90. The molecule has 0 atom stereocenters. The van der Waals surface area contributed by atoms with Crippen molar-refractivity contribution < 1.29 is 28.7 Å². The summed E-state index contributed by atoms with van der Waals surface area (Å²) in [4.78, 5) is 60.4. The fraction of sp³-hybridized carbons (Fsp3) is 0.607. The molecule has 15 nitrogen and oxygen atoms in total. The zero-order chi connectivity index (χ0) is 31.1. The molecular weight excluding hydrogens is 558 g/mol. The summed E-state index contributed by atoms with van der Waals surface area (Å²) in [5.41, 5.74) is -0.457. The van der Waals surface area contributed by atoms with E-state index in [-0.39, 0.29) is 35.7 Å². The minimum Gasteiger partial charge on any atom is -0.444 e. The van der Waals surface area contributed by atoms with E-state index in [9.17, 15) is 19.2 Å². The molecule has 15 heteroatoms. The number of ether oxygens (including phenoxy) is 2. The van der Waals surface area contributed by atoms with Crippen LogP contribution in [0.1, 0.15) is 85.6 Å². The summed E-state index contributed by atoms with van der Waals surface area (Å²) < 4.78 is 12.5. The second-order valence-electron chi connectivity index (χ2n) is 13.1. The van der Waals surface area contributed by atoms with E-state index in [4.69, 9.17) is 19.4 Å². The van der Waals surface area contributed by atoms with Gasteiger partial charge in [0.2, 0.25) is 11.9 Å². The molecular formula is C28H39N9O6. The van der Waals surface area contributed by atoms with Crippen LogP contribution in [0.15, 0.2) is 11.9 Å². The van der Waals surface area contributed by atoms with E-state index in [0.29, 0.717) is 11.2 Å². The normalized spacial score (nSPS) is 21.8. The summed E-state index contributed by atoms with van der Waals surface area (Å²) >= 11 is 0. The number of amides is 5. The first-order valence-electron chi connectivity index (χ1n) is 14.5. The van der Waals surface area contributed by atoms with E-state index in [0.717, 1.165) is 38.5 Å². The van der Waals surface area contributed by atoms with E-state index >= 15 is 0 Å². The van der Waals surface area contributed by atoms with Gasteiger partial charge in [0.1, 0.15) is 16.9 Å². The Hall–Kier alpha value is -4.43. The summed E-state index contributed by atoms with van der Waals surface area (Å²) in [6.07, 6.45) is 6.51. The van der Waals surface area contributed by atoms with E-state index in [1.54, 1.807) is 20.8 Å². The molecule has 0 aromatic carbocycles. The molecule has 2 aromatic rings. The molecule has 2 aromatic heterocycles. The number of nitrogens with one attached hydrogen (secondary N) is 4. The molecule has 3 heterocycles. The Morgan fingerprint density at radius 3 is 2.19 bits per heavy atom. The number of hydrogen-bond acceptors (Lipinski definition) is 10. The molecule has 43 heavy (non-hydrogen) atoms. The average Bonchev–Trinajstić information content (AvgIpc) is 3.54. The van der Waals surface area contributed by atoms with Crippen molar-refractivity contribution >= 4 is 47.7 Å². The quantitative estimate of drug-likeness (QED) is 0.284. The molecule has 5 rings (SSSR count). The lowest BCUT2D eigenvalue weighted by atomic mass is 9.91. The average molecular weight is 598 g/mol. The third kappa shape index (κ3) is 7.51. The maximum Gasteiger partial charge on any atom is 0.417 e.